The van der Waals surface area contributed by atoms with E-state index in [1.807, 2.05) is 90.4 Å². The smallest absolute Gasteiger partial charge is 0.340 e. The van der Waals surface area contributed by atoms with Crippen molar-refractivity contribution in [3.05, 3.63) is 81.9 Å². The summed E-state index contributed by atoms with van der Waals surface area (Å²) in [6.45, 7) is 0. The van der Waals surface area contributed by atoms with Crippen molar-refractivity contribution < 1.29 is 34.1 Å². The van der Waals surface area contributed by atoms with Crippen LogP contribution >= 0.6 is 90.4 Å². The molecule has 0 amide bonds. The Morgan fingerprint density at radius 2 is 1.43 bits per heavy atom. The molecule has 0 fully saturated rings. The fraction of sp³-hybridized carbons (Fsp3) is 0.125. The van der Waals surface area contributed by atoms with E-state index in [9.17, 15) is 24.6 Å². The number of ether oxygens (including phenoxy) is 2. The van der Waals surface area contributed by atoms with Gasteiger partial charge in [-0.15, -0.1) is 0 Å². The fourth-order valence-corrected chi connectivity index (χ4v) is 6.88. The van der Waals surface area contributed by atoms with Crippen molar-refractivity contribution >= 4 is 108 Å². The van der Waals surface area contributed by atoms with Gasteiger partial charge in [0.05, 0.1) is 11.1 Å². The third-order valence-corrected chi connectivity index (χ3v) is 15.7. The standard InChI is InChI=1S/C24H10I4O7/c25-23(26)19(31)11-8-14-18(16(17(11)30)20(32)24(23,27)28)34-15-7-9(29)5-6-13(15)22(14)12-4-2-1-3-10(12)21(33)35-22/h1-8,29-30H. The molecule has 2 N–H and O–H groups in total. The molecule has 3 aromatic carbocycles. The van der Waals surface area contributed by atoms with E-state index in [1.165, 1.54) is 18.2 Å². The summed E-state index contributed by atoms with van der Waals surface area (Å²) in [5.41, 5.74) is -0.257. The van der Waals surface area contributed by atoms with Crippen molar-refractivity contribution in [1.29, 1.82) is 0 Å². The van der Waals surface area contributed by atoms with E-state index in [1.54, 1.807) is 30.3 Å². The molecule has 1 unspecified atom stereocenters. The van der Waals surface area contributed by atoms with Crippen LogP contribution in [-0.2, 0) is 10.3 Å². The van der Waals surface area contributed by atoms with Crippen molar-refractivity contribution in [2.24, 2.45) is 0 Å². The lowest BCUT2D eigenvalue weighted by atomic mass is 9.76. The predicted molar refractivity (Wildman–Crippen MR) is 158 cm³/mol. The van der Waals surface area contributed by atoms with Crippen molar-refractivity contribution in [1.82, 2.24) is 0 Å². The molecule has 1 aliphatic carbocycles. The van der Waals surface area contributed by atoms with E-state index < -0.39 is 31.7 Å². The number of hydrogen-bond donors (Lipinski definition) is 2. The lowest BCUT2D eigenvalue weighted by Gasteiger charge is -2.37. The molecule has 3 aromatic rings. The topological polar surface area (TPSA) is 110 Å². The van der Waals surface area contributed by atoms with E-state index in [0.717, 1.165) is 0 Å². The number of rotatable bonds is 0. The first-order valence-electron chi connectivity index (χ1n) is 10.0. The first-order valence-corrected chi connectivity index (χ1v) is 14.3. The number of hydrogen-bond acceptors (Lipinski definition) is 7. The summed E-state index contributed by atoms with van der Waals surface area (Å²) in [6, 6.07) is 12.7. The zero-order valence-electron chi connectivity index (χ0n) is 17.1. The van der Waals surface area contributed by atoms with Crippen molar-refractivity contribution in [2.75, 3.05) is 0 Å². The number of benzene rings is 3. The molecule has 176 valence electrons. The molecule has 2 bridgehead atoms. The number of phenols is 2. The number of phenolic OH excluding ortho intramolecular Hbond substituents is 2. The Hall–Kier alpha value is -1.21. The Bertz CT molecular complexity index is 1550. The summed E-state index contributed by atoms with van der Waals surface area (Å²) in [5.74, 6) is -1.97. The third-order valence-electron chi connectivity index (χ3n) is 6.40. The first-order chi connectivity index (χ1) is 16.4. The lowest BCUT2D eigenvalue weighted by molar-refractivity contribution is 0.0224. The summed E-state index contributed by atoms with van der Waals surface area (Å²) < 4.78 is 9.72. The fourth-order valence-electron chi connectivity index (χ4n) is 4.78. The molecule has 2 heterocycles. The summed E-state index contributed by atoms with van der Waals surface area (Å²) in [6.07, 6.45) is 0. The number of fused-ring (bicyclic) bond motifs is 9. The zero-order chi connectivity index (χ0) is 25.1. The van der Waals surface area contributed by atoms with Crippen LogP contribution in [0.5, 0.6) is 23.0 Å². The average molecular weight is 918 g/mol. The Morgan fingerprint density at radius 1 is 0.743 bits per heavy atom. The number of carbonyl (C=O) groups is 3. The van der Waals surface area contributed by atoms with Gasteiger partial charge in [0.1, 0.15) is 28.6 Å². The highest BCUT2D eigenvalue weighted by molar-refractivity contribution is 14.2. The van der Waals surface area contributed by atoms with Gasteiger partial charge in [0.25, 0.3) is 0 Å². The van der Waals surface area contributed by atoms with Crippen LogP contribution in [0.15, 0.2) is 48.5 Å². The molecule has 11 heteroatoms. The van der Waals surface area contributed by atoms with Gasteiger partial charge in [0.2, 0.25) is 0 Å². The van der Waals surface area contributed by atoms with E-state index in [4.69, 9.17) is 9.47 Å². The number of aromatic hydroxyl groups is 2. The quantitative estimate of drug-likeness (QED) is 0.158. The van der Waals surface area contributed by atoms with Crippen molar-refractivity contribution in [3.8, 4) is 23.0 Å². The predicted octanol–water partition coefficient (Wildman–Crippen LogP) is 6.18. The highest BCUT2D eigenvalue weighted by atomic mass is 127. The molecule has 0 saturated heterocycles. The molecule has 3 aliphatic rings. The van der Waals surface area contributed by atoms with Crippen molar-refractivity contribution in [2.45, 2.75) is 8.46 Å². The Kier molecular flexibility index (Phi) is 5.28. The second-order valence-corrected chi connectivity index (χ2v) is 18.8. The number of ketones is 2. The van der Waals surface area contributed by atoms with Crippen LogP contribution in [0.25, 0.3) is 0 Å². The van der Waals surface area contributed by atoms with E-state index in [2.05, 4.69) is 0 Å². The number of Topliss-reactive ketones (excluding diaryl/α,β-unsaturated/α-hetero) is 2. The maximum absolute atomic E-state index is 13.9. The van der Waals surface area contributed by atoms with Gasteiger partial charge in [-0.3, -0.25) is 9.59 Å². The van der Waals surface area contributed by atoms with Gasteiger partial charge in [0, 0.05) is 22.8 Å². The van der Waals surface area contributed by atoms with Gasteiger partial charge < -0.3 is 19.7 Å². The normalized spacial score (nSPS) is 22.6. The Morgan fingerprint density at radius 3 is 2.17 bits per heavy atom. The zero-order valence-corrected chi connectivity index (χ0v) is 25.7. The second kappa shape index (κ2) is 7.66. The van der Waals surface area contributed by atoms with Crippen LogP contribution in [0.3, 0.4) is 0 Å². The first kappa shape index (κ1) is 24.1. The second-order valence-electron chi connectivity index (χ2n) is 8.23. The number of alkyl halides is 4. The molecule has 1 atom stereocenters. The average Bonchev–Trinajstić information content (AvgIpc) is 3.09. The van der Waals surface area contributed by atoms with Gasteiger partial charge >= 0.3 is 5.97 Å². The molecular weight excluding hydrogens is 908 g/mol. The molecule has 0 aromatic heterocycles. The highest BCUT2D eigenvalue weighted by Gasteiger charge is 2.62. The lowest BCUT2D eigenvalue weighted by Crippen LogP contribution is -2.45. The largest absolute Gasteiger partial charge is 0.508 e. The van der Waals surface area contributed by atoms with Crippen LogP contribution in [0.2, 0.25) is 0 Å². The molecule has 1 spiro atoms. The number of carbonyl (C=O) groups excluding carboxylic acids is 3. The number of halogens is 4. The highest BCUT2D eigenvalue weighted by Crippen LogP contribution is 2.63. The van der Waals surface area contributed by atoms with Crippen LogP contribution in [0, 0.1) is 0 Å². The van der Waals surface area contributed by atoms with E-state index in [-0.39, 0.29) is 33.9 Å². The molecule has 6 rings (SSSR count). The molecule has 0 saturated carbocycles. The van der Waals surface area contributed by atoms with E-state index in [0.29, 0.717) is 16.7 Å². The molecule has 35 heavy (non-hydrogen) atoms. The van der Waals surface area contributed by atoms with E-state index >= 15 is 0 Å². The minimum absolute atomic E-state index is 0.0186. The Labute approximate surface area is 252 Å². The summed E-state index contributed by atoms with van der Waals surface area (Å²) in [7, 11) is 0. The third kappa shape index (κ3) is 2.94. The van der Waals surface area contributed by atoms with Gasteiger partial charge in [-0.05, 0) is 24.3 Å². The SMILES string of the molecule is O=C1OC2(c3ccc(O)cc3Oc3c2cc2c(O)c3C(=O)C(I)(I)C(I)(I)C2=O)c2ccccc21. The van der Waals surface area contributed by atoms with Gasteiger partial charge in [-0.2, -0.15) is 0 Å². The Balaban J connectivity index is 1.80. The van der Waals surface area contributed by atoms with Gasteiger partial charge in [-0.25, -0.2) is 4.79 Å². The maximum Gasteiger partial charge on any atom is 0.340 e. The minimum Gasteiger partial charge on any atom is -0.508 e. The monoisotopic (exact) mass is 918 g/mol. The van der Waals surface area contributed by atoms with Gasteiger partial charge in [0.15, 0.2) is 20.0 Å². The van der Waals surface area contributed by atoms with Crippen LogP contribution in [-0.4, -0.2) is 30.6 Å². The molecule has 0 radical (unpaired) electrons. The van der Waals surface area contributed by atoms with Crippen LogP contribution < -0.4 is 4.74 Å². The number of esters is 1. The summed E-state index contributed by atoms with van der Waals surface area (Å²) in [5, 5.41) is 21.4. The minimum atomic E-state index is -1.55. The molecule has 7 nitrogen and oxygen atoms in total. The van der Waals surface area contributed by atoms with Crippen LogP contribution in [0.1, 0.15) is 47.8 Å². The molecule has 2 aliphatic heterocycles. The molecular formula is C24H10I4O7. The summed E-state index contributed by atoms with van der Waals surface area (Å²) >= 11 is 7.71. The summed E-state index contributed by atoms with van der Waals surface area (Å²) in [4.78, 5) is 40.6. The maximum atomic E-state index is 13.9. The van der Waals surface area contributed by atoms with Crippen molar-refractivity contribution in [3.63, 3.8) is 0 Å². The van der Waals surface area contributed by atoms with Crippen LogP contribution in [0.4, 0.5) is 0 Å². The van der Waals surface area contributed by atoms with Gasteiger partial charge in [-0.1, -0.05) is 109 Å².